The summed E-state index contributed by atoms with van der Waals surface area (Å²) >= 11 is 0. The van der Waals surface area contributed by atoms with E-state index in [1.807, 2.05) is 6.92 Å². The Labute approximate surface area is 82.0 Å². The lowest BCUT2D eigenvalue weighted by atomic mass is 10.0. The van der Waals surface area contributed by atoms with E-state index in [4.69, 9.17) is 5.11 Å². The van der Waals surface area contributed by atoms with Gasteiger partial charge in [-0.1, -0.05) is 6.92 Å². The van der Waals surface area contributed by atoms with Crippen molar-refractivity contribution in [3.8, 4) is 0 Å². The van der Waals surface area contributed by atoms with E-state index in [1.165, 1.54) is 0 Å². The molecule has 1 aromatic heterocycles. The lowest BCUT2D eigenvalue weighted by molar-refractivity contribution is -0.140. The van der Waals surface area contributed by atoms with E-state index in [2.05, 4.69) is 9.97 Å². The first kappa shape index (κ1) is 9.12. The van der Waals surface area contributed by atoms with Crippen LogP contribution in [0, 0.1) is 0 Å². The highest BCUT2D eigenvalue weighted by atomic mass is 16.4. The van der Waals surface area contributed by atoms with Crippen LogP contribution in [0.1, 0.15) is 31.3 Å². The van der Waals surface area contributed by atoms with Crippen molar-refractivity contribution < 1.29 is 9.90 Å². The van der Waals surface area contributed by atoms with Crippen LogP contribution in [0.15, 0.2) is 12.3 Å². The number of aromatic nitrogens is 2. The molecule has 0 aromatic carbocycles. The minimum Gasteiger partial charge on any atom is -0.481 e. The smallest absolute Gasteiger partial charge is 0.315 e. The highest BCUT2D eigenvalue weighted by Crippen LogP contribution is 2.47. The van der Waals surface area contributed by atoms with Gasteiger partial charge < -0.3 is 5.11 Å². The summed E-state index contributed by atoms with van der Waals surface area (Å²) in [4.78, 5) is 19.3. The van der Waals surface area contributed by atoms with Gasteiger partial charge in [0.15, 0.2) is 0 Å². The second-order valence-electron chi connectivity index (χ2n) is 3.60. The molecule has 1 saturated carbocycles. The number of aryl methyl sites for hydroxylation is 1. The number of aliphatic carboxylic acids is 1. The average Bonchev–Trinajstić information content (AvgIpc) is 2.98. The summed E-state index contributed by atoms with van der Waals surface area (Å²) in [6.45, 7) is 1.96. The van der Waals surface area contributed by atoms with E-state index < -0.39 is 11.4 Å². The van der Waals surface area contributed by atoms with Crippen LogP contribution in [-0.4, -0.2) is 21.0 Å². The van der Waals surface area contributed by atoms with E-state index in [0.717, 1.165) is 12.2 Å². The number of nitrogens with zero attached hydrogens (tertiary/aromatic N) is 2. The zero-order valence-electron chi connectivity index (χ0n) is 8.03. The largest absolute Gasteiger partial charge is 0.481 e. The summed E-state index contributed by atoms with van der Waals surface area (Å²) in [5, 5.41) is 9.06. The van der Waals surface area contributed by atoms with Crippen molar-refractivity contribution in [3.05, 3.63) is 23.8 Å². The van der Waals surface area contributed by atoms with E-state index >= 15 is 0 Å². The van der Waals surface area contributed by atoms with Crippen LogP contribution in [-0.2, 0) is 16.6 Å². The standard InChI is InChI=1S/C10H12N2O2/c1-2-8-11-6-3-7(12-8)10(4-5-10)9(13)14/h3,6H,2,4-5H2,1H3,(H,13,14). The molecule has 14 heavy (non-hydrogen) atoms. The van der Waals surface area contributed by atoms with Gasteiger partial charge in [0.05, 0.1) is 5.69 Å². The summed E-state index contributed by atoms with van der Waals surface area (Å²) < 4.78 is 0. The molecule has 1 N–H and O–H groups in total. The maximum absolute atomic E-state index is 11.0. The Morgan fingerprint density at radius 2 is 2.36 bits per heavy atom. The Morgan fingerprint density at radius 3 is 2.86 bits per heavy atom. The predicted molar refractivity (Wildman–Crippen MR) is 50.0 cm³/mol. The van der Waals surface area contributed by atoms with Crippen molar-refractivity contribution in [1.29, 1.82) is 0 Å². The van der Waals surface area contributed by atoms with Crippen molar-refractivity contribution in [3.63, 3.8) is 0 Å². The zero-order chi connectivity index (χ0) is 10.2. The van der Waals surface area contributed by atoms with E-state index in [0.29, 0.717) is 18.5 Å². The summed E-state index contributed by atoms with van der Waals surface area (Å²) in [6.07, 6.45) is 3.78. The molecule has 1 heterocycles. The first-order valence-electron chi connectivity index (χ1n) is 4.75. The molecule has 0 aliphatic heterocycles. The van der Waals surface area contributed by atoms with E-state index in [9.17, 15) is 4.79 Å². The van der Waals surface area contributed by atoms with Crippen LogP contribution in [0.2, 0.25) is 0 Å². The van der Waals surface area contributed by atoms with Crippen LogP contribution in [0.25, 0.3) is 0 Å². The molecule has 1 aliphatic rings. The molecule has 0 unspecified atom stereocenters. The minimum atomic E-state index is -0.766. The second-order valence-corrected chi connectivity index (χ2v) is 3.60. The normalized spacial score (nSPS) is 17.8. The molecule has 0 atom stereocenters. The second kappa shape index (κ2) is 3.04. The zero-order valence-corrected chi connectivity index (χ0v) is 8.03. The fourth-order valence-corrected chi connectivity index (χ4v) is 1.54. The van der Waals surface area contributed by atoms with Crippen LogP contribution < -0.4 is 0 Å². The van der Waals surface area contributed by atoms with Gasteiger partial charge in [0, 0.05) is 12.6 Å². The molecule has 4 heteroatoms. The minimum absolute atomic E-state index is 0.664. The Kier molecular flexibility index (Phi) is 1.98. The Balaban J connectivity index is 2.37. The van der Waals surface area contributed by atoms with Crippen molar-refractivity contribution in [2.45, 2.75) is 31.6 Å². The quantitative estimate of drug-likeness (QED) is 0.780. The lowest BCUT2D eigenvalue weighted by Gasteiger charge is -2.08. The highest BCUT2D eigenvalue weighted by Gasteiger charge is 2.53. The molecule has 0 saturated heterocycles. The van der Waals surface area contributed by atoms with E-state index in [1.54, 1.807) is 12.3 Å². The van der Waals surface area contributed by atoms with Gasteiger partial charge in [-0.2, -0.15) is 0 Å². The number of carboxylic acids is 1. The Bertz CT molecular complexity index is 372. The fourth-order valence-electron chi connectivity index (χ4n) is 1.54. The van der Waals surface area contributed by atoms with Crippen LogP contribution in [0.5, 0.6) is 0 Å². The number of hydrogen-bond donors (Lipinski definition) is 1. The van der Waals surface area contributed by atoms with Crippen molar-refractivity contribution in [1.82, 2.24) is 9.97 Å². The third-order valence-corrected chi connectivity index (χ3v) is 2.67. The molecule has 0 radical (unpaired) electrons. The Hall–Kier alpha value is -1.45. The fraction of sp³-hybridized carbons (Fsp3) is 0.500. The van der Waals surface area contributed by atoms with Crippen molar-refractivity contribution >= 4 is 5.97 Å². The summed E-state index contributed by atoms with van der Waals surface area (Å²) in [5.41, 5.74) is -0.0378. The topological polar surface area (TPSA) is 63.1 Å². The third-order valence-electron chi connectivity index (χ3n) is 2.67. The molecule has 4 nitrogen and oxygen atoms in total. The van der Waals surface area contributed by atoms with Crippen LogP contribution >= 0.6 is 0 Å². The molecule has 1 fully saturated rings. The van der Waals surface area contributed by atoms with Gasteiger partial charge in [0.1, 0.15) is 11.2 Å². The van der Waals surface area contributed by atoms with Crippen molar-refractivity contribution in [2.24, 2.45) is 0 Å². The molecular formula is C10H12N2O2. The molecule has 1 aromatic rings. The van der Waals surface area contributed by atoms with Crippen LogP contribution in [0.3, 0.4) is 0 Å². The monoisotopic (exact) mass is 192 g/mol. The first-order chi connectivity index (χ1) is 6.69. The summed E-state index contributed by atoms with van der Waals surface area (Å²) in [6, 6.07) is 1.71. The molecule has 0 bridgehead atoms. The number of rotatable bonds is 3. The SMILES string of the molecule is CCc1nccc(C2(C(=O)O)CC2)n1. The molecule has 1 aliphatic carbocycles. The van der Waals surface area contributed by atoms with Gasteiger partial charge in [0.2, 0.25) is 0 Å². The first-order valence-corrected chi connectivity index (χ1v) is 4.75. The summed E-state index contributed by atoms with van der Waals surface area (Å²) in [5.74, 6) is -0.0479. The van der Waals surface area contributed by atoms with Crippen molar-refractivity contribution in [2.75, 3.05) is 0 Å². The molecule has 0 amide bonds. The lowest BCUT2D eigenvalue weighted by Crippen LogP contribution is -2.21. The van der Waals surface area contributed by atoms with Gasteiger partial charge in [-0.25, -0.2) is 9.97 Å². The molecule has 74 valence electrons. The number of carboxylic acid groups (broad SMARTS) is 1. The van der Waals surface area contributed by atoms with Gasteiger partial charge in [-0.3, -0.25) is 4.79 Å². The molecule has 0 spiro atoms. The van der Waals surface area contributed by atoms with E-state index in [-0.39, 0.29) is 0 Å². The number of hydrogen-bond acceptors (Lipinski definition) is 3. The van der Waals surface area contributed by atoms with Gasteiger partial charge in [-0.15, -0.1) is 0 Å². The highest BCUT2D eigenvalue weighted by molar-refractivity contribution is 5.84. The van der Waals surface area contributed by atoms with Gasteiger partial charge in [-0.05, 0) is 18.9 Å². The average molecular weight is 192 g/mol. The molecule has 2 rings (SSSR count). The predicted octanol–water partition coefficient (Wildman–Crippen LogP) is 1.16. The maximum atomic E-state index is 11.0. The van der Waals surface area contributed by atoms with Gasteiger partial charge in [0.25, 0.3) is 0 Å². The van der Waals surface area contributed by atoms with Gasteiger partial charge >= 0.3 is 5.97 Å². The van der Waals surface area contributed by atoms with Crippen LogP contribution in [0.4, 0.5) is 0 Å². The number of carbonyl (C=O) groups is 1. The third kappa shape index (κ3) is 1.27. The summed E-state index contributed by atoms with van der Waals surface area (Å²) in [7, 11) is 0. The molecular weight excluding hydrogens is 180 g/mol. The Morgan fingerprint density at radius 1 is 1.64 bits per heavy atom. The maximum Gasteiger partial charge on any atom is 0.315 e.